The Kier molecular flexibility index (Phi) is 14.0. The van der Waals surface area contributed by atoms with E-state index in [1.807, 2.05) is 13.8 Å². The van der Waals surface area contributed by atoms with E-state index >= 15 is 0 Å². The van der Waals surface area contributed by atoms with Gasteiger partial charge in [-0.1, -0.05) is 34.6 Å². The van der Waals surface area contributed by atoms with E-state index in [4.69, 9.17) is 6.42 Å². The summed E-state index contributed by atoms with van der Waals surface area (Å²) in [7, 11) is 1.75. The van der Waals surface area contributed by atoms with Crippen LogP contribution in [-0.4, -0.2) is 46.7 Å². The number of hydrogen-bond donors (Lipinski definition) is 2. The molecule has 10 heteroatoms. The van der Waals surface area contributed by atoms with E-state index < -0.39 is 11.4 Å². The third-order valence-corrected chi connectivity index (χ3v) is 5.23. The smallest absolute Gasteiger partial charge is 0.395 e. The summed E-state index contributed by atoms with van der Waals surface area (Å²) in [4.78, 5) is 23.1. The third kappa shape index (κ3) is 9.79. The number of carbonyl (C=O) groups excluding carboxylic acids is 1. The van der Waals surface area contributed by atoms with Gasteiger partial charge in [-0.25, -0.2) is 4.98 Å². The number of nitrogens with zero attached hydrogens (tertiary/aromatic N) is 3. The number of thioether (sulfide) groups is 1. The lowest BCUT2D eigenvalue weighted by atomic mass is 10.0. The Morgan fingerprint density at radius 3 is 2.38 bits per heavy atom. The molecule has 1 amide bonds. The first-order valence-electron chi connectivity index (χ1n) is 10.6. The molecule has 0 saturated carbocycles. The highest BCUT2D eigenvalue weighted by Gasteiger charge is 2.29. The second kappa shape index (κ2) is 15.5. The highest BCUT2D eigenvalue weighted by Crippen LogP contribution is 2.37. The van der Waals surface area contributed by atoms with Crippen molar-refractivity contribution in [2.24, 2.45) is 0 Å². The topological polar surface area (TPSA) is 78.4 Å². The van der Waals surface area contributed by atoms with E-state index in [-0.39, 0.29) is 45.1 Å². The summed E-state index contributed by atoms with van der Waals surface area (Å²) in [5, 5.41) is 11.9. The van der Waals surface area contributed by atoms with Crippen molar-refractivity contribution >= 4 is 29.2 Å². The lowest BCUT2D eigenvalue weighted by molar-refractivity contribution is -0.0328. The Morgan fingerprint density at radius 2 is 1.81 bits per heavy atom. The lowest BCUT2D eigenvalue weighted by Gasteiger charge is -2.21. The zero-order chi connectivity index (χ0) is 26.0. The number of rotatable bonds is 7. The second-order valence-corrected chi connectivity index (χ2v) is 8.01. The van der Waals surface area contributed by atoms with E-state index in [0.717, 1.165) is 0 Å². The van der Waals surface area contributed by atoms with Crippen molar-refractivity contribution in [3.05, 3.63) is 66.1 Å². The number of anilines is 2. The number of hydrogen-bond acceptors (Lipinski definition) is 6. The second-order valence-electron chi connectivity index (χ2n) is 6.87. The van der Waals surface area contributed by atoms with Crippen LogP contribution < -0.4 is 10.2 Å². The fourth-order valence-corrected chi connectivity index (χ4v) is 3.50. The van der Waals surface area contributed by atoms with Gasteiger partial charge in [0.1, 0.15) is 5.82 Å². The molecule has 0 bridgehead atoms. The summed E-state index contributed by atoms with van der Waals surface area (Å²) in [6.07, 6.45) is 9.98. The predicted octanol–water partition coefficient (Wildman–Crippen LogP) is 6.96. The minimum atomic E-state index is -4.39. The molecule has 6 nitrogen and oxygen atoms in total. The van der Waals surface area contributed by atoms with Gasteiger partial charge in [0.25, 0.3) is 5.91 Å². The Hall–Kier alpha value is -3.55. The van der Waals surface area contributed by atoms with Gasteiger partial charge in [0.2, 0.25) is 0 Å². The van der Waals surface area contributed by atoms with Gasteiger partial charge in [-0.15, -0.1) is 6.42 Å². The van der Waals surface area contributed by atoms with Crippen molar-refractivity contribution in [2.75, 3.05) is 30.4 Å². The van der Waals surface area contributed by atoms with Gasteiger partial charge in [0, 0.05) is 60.9 Å². The van der Waals surface area contributed by atoms with Crippen LogP contribution in [0.1, 0.15) is 46.0 Å². The van der Waals surface area contributed by atoms with Crippen molar-refractivity contribution < 1.29 is 24.5 Å². The summed E-state index contributed by atoms with van der Waals surface area (Å²) >= 11 is -0.230. The number of aliphatic hydroxyl groups is 1. The molecular weight excluding hydrogens is 501 g/mol. The maximum atomic E-state index is 12.8. The molecule has 0 unspecified atom stereocenters. The summed E-state index contributed by atoms with van der Waals surface area (Å²) in [5.74, 6) is 2.54. The largest absolute Gasteiger partial charge is 0.446 e. The number of carbonyl (C=O) groups is 1. The standard InChI is InChI=1S/C23H19F3N4O2S.C2H6.2CH4.H2/c1-3-15-10-16(13-27-12-15)20-11-17(14-28-21(20)30(2)8-9-31)22(32)29-18-4-6-19(7-5-18)33-23(24,25)26;1-2;;;/h1,4-7,10-14,31H,8-9H2,2H3,(H,29,32);1-2H3;2*1H4;1H. The van der Waals surface area contributed by atoms with Crippen LogP contribution in [0.5, 0.6) is 0 Å². The highest BCUT2D eigenvalue weighted by molar-refractivity contribution is 8.00. The van der Waals surface area contributed by atoms with Crippen LogP contribution >= 0.6 is 11.8 Å². The Balaban J connectivity index is 0. The number of nitrogens with one attached hydrogen (secondary N) is 1. The van der Waals surface area contributed by atoms with Crippen molar-refractivity contribution in [3.8, 4) is 23.5 Å². The summed E-state index contributed by atoms with van der Waals surface area (Å²) in [5.41, 5.74) is -2.05. The molecule has 3 aromatic rings. The number of pyridine rings is 2. The number of halogens is 3. The molecule has 0 saturated heterocycles. The molecule has 2 heterocycles. The number of terminal acetylenes is 1. The molecule has 0 aliphatic carbocycles. The molecular formula is C27H35F3N4O2S. The normalized spacial score (nSPS) is 10.0. The predicted molar refractivity (Wildman–Crippen MR) is 149 cm³/mol. The van der Waals surface area contributed by atoms with E-state index in [0.29, 0.717) is 34.7 Å². The van der Waals surface area contributed by atoms with Crippen LogP contribution in [0, 0.1) is 12.3 Å². The number of benzene rings is 1. The Bertz CT molecular complexity index is 1190. The summed E-state index contributed by atoms with van der Waals surface area (Å²) in [6, 6.07) is 8.70. The summed E-state index contributed by atoms with van der Waals surface area (Å²) < 4.78 is 37.5. The monoisotopic (exact) mass is 536 g/mol. The molecule has 202 valence electrons. The van der Waals surface area contributed by atoms with Gasteiger partial charge in [-0.05, 0) is 48.2 Å². The van der Waals surface area contributed by atoms with Gasteiger partial charge < -0.3 is 15.3 Å². The van der Waals surface area contributed by atoms with Crippen LogP contribution in [0.4, 0.5) is 24.7 Å². The van der Waals surface area contributed by atoms with Crippen molar-refractivity contribution in [1.82, 2.24) is 9.97 Å². The first-order valence-corrected chi connectivity index (χ1v) is 11.4. The van der Waals surface area contributed by atoms with Crippen LogP contribution in [0.25, 0.3) is 11.1 Å². The van der Waals surface area contributed by atoms with Crippen LogP contribution in [0.2, 0.25) is 0 Å². The minimum absolute atomic E-state index is 0. The third-order valence-electron chi connectivity index (χ3n) is 4.49. The maximum absolute atomic E-state index is 12.8. The van der Waals surface area contributed by atoms with Crippen molar-refractivity contribution in [2.45, 2.75) is 39.1 Å². The number of amides is 1. The van der Waals surface area contributed by atoms with E-state index in [1.54, 1.807) is 30.3 Å². The Labute approximate surface area is 222 Å². The fourth-order valence-electron chi connectivity index (χ4n) is 2.96. The molecule has 0 atom stereocenters. The molecule has 0 radical (unpaired) electrons. The molecule has 2 aromatic heterocycles. The number of aliphatic hydroxyl groups excluding tert-OH is 1. The first kappa shape index (κ1) is 33.4. The minimum Gasteiger partial charge on any atom is -0.395 e. The number of aromatic nitrogens is 2. The summed E-state index contributed by atoms with van der Waals surface area (Å²) in [6.45, 7) is 4.22. The van der Waals surface area contributed by atoms with Crippen LogP contribution in [0.15, 0.2) is 59.9 Å². The quantitative estimate of drug-likeness (QED) is 0.251. The van der Waals surface area contributed by atoms with E-state index in [2.05, 4.69) is 21.2 Å². The molecule has 0 spiro atoms. The van der Waals surface area contributed by atoms with Crippen molar-refractivity contribution in [1.29, 1.82) is 0 Å². The van der Waals surface area contributed by atoms with E-state index in [1.165, 1.54) is 36.7 Å². The van der Waals surface area contributed by atoms with Gasteiger partial charge in [0.15, 0.2) is 0 Å². The molecule has 37 heavy (non-hydrogen) atoms. The van der Waals surface area contributed by atoms with Gasteiger partial charge in [-0.2, -0.15) is 13.2 Å². The van der Waals surface area contributed by atoms with Crippen LogP contribution in [0.3, 0.4) is 0 Å². The number of likely N-dealkylation sites (N-methyl/N-ethyl adjacent to an activating group) is 1. The van der Waals surface area contributed by atoms with Crippen molar-refractivity contribution in [3.63, 3.8) is 0 Å². The Morgan fingerprint density at radius 1 is 1.16 bits per heavy atom. The first-order chi connectivity index (χ1) is 16.7. The zero-order valence-electron chi connectivity index (χ0n) is 19.4. The molecule has 2 N–H and O–H groups in total. The SMILES string of the molecule is C.C.C#Cc1cncc(-c2cc(C(=O)Nc3ccc(SC(F)(F)F)cc3)cnc2N(C)CCO)c1.CC.[HH]. The zero-order valence-corrected chi connectivity index (χ0v) is 20.2. The molecule has 3 rings (SSSR count). The molecule has 0 aliphatic rings. The maximum Gasteiger partial charge on any atom is 0.446 e. The average molecular weight is 537 g/mol. The molecule has 0 aliphatic heterocycles. The fraction of sp³-hybridized carbons (Fsp3) is 0.296. The molecule has 1 aromatic carbocycles. The van der Waals surface area contributed by atoms with Gasteiger partial charge >= 0.3 is 5.51 Å². The van der Waals surface area contributed by atoms with E-state index in [9.17, 15) is 23.1 Å². The number of alkyl halides is 3. The molecule has 0 fully saturated rings. The van der Waals surface area contributed by atoms with Gasteiger partial charge in [-0.3, -0.25) is 9.78 Å². The average Bonchev–Trinajstić information content (AvgIpc) is 2.85. The lowest BCUT2D eigenvalue weighted by Crippen LogP contribution is -2.23. The van der Waals surface area contributed by atoms with Gasteiger partial charge in [0.05, 0.1) is 12.2 Å². The highest BCUT2D eigenvalue weighted by atomic mass is 32.2. The van der Waals surface area contributed by atoms with Crippen LogP contribution in [-0.2, 0) is 0 Å².